The molecule has 0 N–H and O–H groups in total. The molecule has 0 spiro atoms. The number of fused-ring (bicyclic) bond motifs is 1. The molecule has 0 amide bonds. The van der Waals surface area contributed by atoms with Crippen molar-refractivity contribution in [2.24, 2.45) is 0 Å². The Morgan fingerprint density at radius 3 is 2.85 bits per heavy atom. The van der Waals surface area contributed by atoms with Crippen molar-refractivity contribution in [3.63, 3.8) is 0 Å². The third-order valence-corrected chi connectivity index (χ3v) is 2.09. The highest BCUT2D eigenvalue weighted by molar-refractivity contribution is 6.34. The van der Waals surface area contributed by atoms with Gasteiger partial charge in [0.2, 0.25) is 0 Å². The highest BCUT2D eigenvalue weighted by Crippen LogP contribution is 2.22. The van der Waals surface area contributed by atoms with Gasteiger partial charge in [-0.3, -0.25) is 0 Å². The van der Waals surface area contributed by atoms with Gasteiger partial charge in [-0.05, 0) is 24.6 Å². The lowest BCUT2D eigenvalue weighted by atomic mass is 10.1. The van der Waals surface area contributed by atoms with E-state index in [2.05, 4.69) is 9.97 Å². The molecule has 2 aromatic rings. The van der Waals surface area contributed by atoms with Crippen LogP contribution >= 0.6 is 11.6 Å². The zero-order valence-corrected chi connectivity index (χ0v) is 7.64. The van der Waals surface area contributed by atoms with Gasteiger partial charge in [0.25, 0.3) is 0 Å². The number of hydrogen-bond donors (Lipinski definition) is 0. The molecule has 0 aliphatic heterocycles. The van der Waals surface area contributed by atoms with Crippen LogP contribution in [-0.4, -0.2) is 9.97 Å². The van der Waals surface area contributed by atoms with Crippen LogP contribution in [0.3, 0.4) is 0 Å². The largest absolute Gasteiger partial charge is 0.233 e. The van der Waals surface area contributed by atoms with E-state index in [9.17, 15) is 4.39 Å². The van der Waals surface area contributed by atoms with E-state index >= 15 is 0 Å². The summed E-state index contributed by atoms with van der Waals surface area (Å²) in [4.78, 5) is 7.59. The molecule has 0 saturated heterocycles. The summed E-state index contributed by atoms with van der Waals surface area (Å²) < 4.78 is 13.3. The Hall–Kier alpha value is -1.22. The topological polar surface area (TPSA) is 25.8 Å². The van der Waals surface area contributed by atoms with E-state index in [0.717, 1.165) is 5.56 Å². The molecule has 0 aliphatic carbocycles. The Balaban J connectivity index is 2.94. The maximum atomic E-state index is 13.3. The summed E-state index contributed by atoms with van der Waals surface area (Å²) in [6, 6.07) is 3.19. The third kappa shape index (κ3) is 1.35. The molecule has 0 bridgehead atoms. The zero-order chi connectivity index (χ0) is 9.42. The number of hydrogen-bond acceptors (Lipinski definition) is 2. The number of nitrogens with zero attached hydrogens (tertiary/aromatic N) is 2. The predicted octanol–water partition coefficient (Wildman–Crippen LogP) is 2.73. The number of rotatable bonds is 0. The average molecular weight is 197 g/mol. The first-order chi connectivity index (χ1) is 6.18. The molecule has 1 aromatic heterocycles. The lowest BCUT2D eigenvalue weighted by Crippen LogP contribution is -1.88. The monoisotopic (exact) mass is 196 g/mol. The molecule has 2 rings (SSSR count). The molecule has 0 aliphatic rings. The van der Waals surface area contributed by atoms with Crippen LogP contribution in [0.1, 0.15) is 5.56 Å². The first kappa shape index (κ1) is 8.38. The van der Waals surface area contributed by atoms with Crippen LogP contribution in [0.15, 0.2) is 18.5 Å². The molecule has 13 heavy (non-hydrogen) atoms. The molecular formula is C9H6ClFN2. The van der Waals surface area contributed by atoms with Crippen molar-refractivity contribution >= 4 is 22.5 Å². The minimum Gasteiger partial charge on any atom is -0.233 e. The summed E-state index contributed by atoms with van der Waals surface area (Å²) in [6.07, 6.45) is 1.25. The van der Waals surface area contributed by atoms with Crippen molar-refractivity contribution in [2.45, 2.75) is 6.92 Å². The van der Waals surface area contributed by atoms with Crippen LogP contribution in [0.2, 0.25) is 5.15 Å². The van der Waals surface area contributed by atoms with Crippen molar-refractivity contribution in [3.8, 4) is 0 Å². The highest BCUT2D eigenvalue weighted by atomic mass is 35.5. The molecule has 1 heterocycles. The Morgan fingerprint density at radius 1 is 1.31 bits per heavy atom. The molecule has 0 saturated carbocycles. The normalized spacial score (nSPS) is 10.7. The van der Waals surface area contributed by atoms with Gasteiger partial charge in [0.15, 0.2) is 0 Å². The highest BCUT2D eigenvalue weighted by Gasteiger charge is 2.06. The Kier molecular flexibility index (Phi) is 1.88. The Labute approximate surface area is 79.4 Å². The molecule has 0 unspecified atom stereocenters. The summed E-state index contributed by atoms with van der Waals surface area (Å²) in [5.74, 6) is -0.362. The molecule has 0 atom stereocenters. The van der Waals surface area contributed by atoms with E-state index in [1.807, 2.05) is 0 Å². The van der Waals surface area contributed by atoms with Crippen molar-refractivity contribution in [3.05, 3.63) is 35.0 Å². The van der Waals surface area contributed by atoms with Gasteiger partial charge in [0.05, 0.1) is 0 Å². The molecular weight excluding hydrogens is 191 g/mol. The van der Waals surface area contributed by atoms with Gasteiger partial charge in [-0.15, -0.1) is 0 Å². The van der Waals surface area contributed by atoms with Crippen molar-refractivity contribution in [1.82, 2.24) is 9.97 Å². The fourth-order valence-corrected chi connectivity index (χ4v) is 1.42. The van der Waals surface area contributed by atoms with Crippen molar-refractivity contribution in [2.75, 3.05) is 0 Å². The van der Waals surface area contributed by atoms with Gasteiger partial charge in [-0.1, -0.05) is 11.6 Å². The van der Waals surface area contributed by atoms with E-state index in [4.69, 9.17) is 11.6 Å². The van der Waals surface area contributed by atoms with Crippen molar-refractivity contribution < 1.29 is 4.39 Å². The molecule has 2 nitrogen and oxygen atoms in total. The minimum atomic E-state index is -0.362. The molecule has 1 aromatic carbocycles. The number of aryl methyl sites for hydroxylation is 1. The predicted molar refractivity (Wildman–Crippen MR) is 49.2 cm³/mol. The first-order valence-electron chi connectivity index (χ1n) is 3.75. The van der Waals surface area contributed by atoms with E-state index in [1.165, 1.54) is 12.4 Å². The van der Waals surface area contributed by atoms with Gasteiger partial charge in [0, 0.05) is 5.39 Å². The second-order valence-electron chi connectivity index (χ2n) is 2.81. The smallest absolute Gasteiger partial charge is 0.149 e. The molecule has 0 fully saturated rings. The van der Waals surface area contributed by atoms with Crippen LogP contribution in [0.4, 0.5) is 4.39 Å². The number of benzene rings is 1. The quantitative estimate of drug-likeness (QED) is 0.606. The summed E-state index contributed by atoms with van der Waals surface area (Å²) in [7, 11) is 0. The van der Waals surface area contributed by atoms with Gasteiger partial charge >= 0.3 is 0 Å². The molecule has 0 radical (unpaired) electrons. The van der Waals surface area contributed by atoms with E-state index in [1.54, 1.807) is 13.0 Å². The van der Waals surface area contributed by atoms with Crippen LogP contribution in [0, 0.1) is 12.7 Å². The molecule has 66 valence electrons. The van der Waals surface area contributed by atoms with Crippen LogP contribution in [0.5, 0.6) is 0 Å². The zero-order valence-electron chi connectivity index (χ0n) is 6.88. The number of aromatic nitrogens is 2. The maximum Gasteiger partial charge on any atom is 0.149 e. The fraction of sp³-hybridized carbons (Fsp3) is 0.111. The standard InChI is InChI=1S/C9H6ClFN2/c1-5-2-6-8(7(11)3-5)12-4-13-9(6)10/h2-4H,1H3. The fourth-order valence-electron chi connectivity index (χ4n) is 1.23. The van der Waals surface area contributed by atoms with E-state index in [-0.39, 0.29) is 16.5 Å². The molecule has 4 heteroatoms. The summed E-state index contributed by atoms with van der Waals surface area (Å²) in [5, 5.41) is 0.842. The second kappa shape index (κ2) is 2.92. The first-order valence-corrected chi connectivity index (χ1v) is 4.12. The van der Waals surface area contributed by atoms with Gasteiger partial charge < -0.3 is 0 Å². The average Bonchev–Trinajstić information content (AvgIpc) is 2.07. The second-order valence-corrected chi connectivity index (χ2v) is 3.17. The van der Waals surface area contributed by atoms with Gasteiger partial charge in [0.1, 0.15) is 22.8 Å². The maximum absolute atomic E-state index is 13.3. The number of halogens is 2. The van der Waals surface area contributed by atoms with Crippen LogP contribution in [-0.2, 0) is 0 Å². The lowest BCUT2D eigenvalue weighted by Gasteiger charge is -2.00. The third-order valence-electron chi connectivity index (χ3n) is 1.79. The van der Waals surface area contributed by atoms with Crippen LogP contribution in [0.25, 0.3) is 10.9 Å². The van der Waals surface area contributed by atoms with E-state index < -0.39 is 0 Å². The lowest BCUT2D eigenvalue weighted by molar-refractivity contribution is 0.635. The Morgan fingerprint density at radius 2 is 2.08 bits per heavy atom. The van der Waals surface area contributed by atoms with Crippen molar-refractivity contribution in [1.29, 1.82) is 0 Å². The van der Waals surface area contributed by atoms with E-state index in [0.29, 0.717) is 5.39 Å². The SMILES string of the molecule is Cc1cc(F)c2ncnc(Cl)c2c1. The Bertz CT molecular complexity index is 470. The summed E-state index contributed by atoms with van der Waals surface area (Å²) in [5.41, 5.74) is 1.08. The summed E-state index contributed by atoms with van der Waals surface area (Å²) in [6.45, 7) is 1.80. The summed E-state index contributed by atoms with van der Waals surface area (Å²) >= 11 is 5.78. The van der Waals surface area contributed by atoms with Crippen LogP contribution < -0.4 is 0 Å². The van der Waals surface area contributed by atoms with Gasteiger partial charge in [-0.25, -0.2) is 14.4 Å². The minimum absolute atomic E-state index is 0.269. The van der Waals surface area contributed by atoms with Gasteiger partial charge in [-0.2, -0.15) is 0 Å².